The van der Waals surface area contributed by atoms with Gasteiger partial charge in [-0.25, -0.2) is 9.97 Å². The van der Waals surface area contributed by atoms with Crippen LogP contribution in [0.15, 0.2) is 36.8 Å². The van der Waals surface area contributed by atoms with Gasteiger partial charge in [0.1, 0.15) is 11.6 Å². The molecule has 0 atom stereocenters. The minimum absolute atomic E-state index is 0.00932. The second-order valence-corrected chi connectivity index (χ2v) is 7.86. The average molecular weight is 434 g/mol. The van der Waals surface area contributed by atoms with E-state index in [4.69, 9.17) is 4.11 Å². The molecule has 0 unspecified atom stereocenters. The molecule has 0 N–H and O–H groups in total. The second kappa shape index (κ2) is 8.74. The van der Waals surface area contributed by atoms with Crippen molar-refractivity contribution >= 4 is 16.7 Å². The second-order valence-electron chi connectivity index (χ2n) is 7.86. The first-order valence-corrected chi connectivity index (χ1v) is 10.1. The highest BCUT2D eigenvalue weighted by Crippen LogP contribution is 2.25. The number of benzene rings is 1. The van der Waals surface area contributed by atoms with Crippen molar-refractivity contribution < 1.29 is 22.1 Å². The Morgan fingerprint density at radius 3 is 2.74 bits per heavy atom. The van der Waals surface area contributed by atoms with E-state index in [1.54, 1.807) is 17.2 Å². The Balaban J connectivity index is 1.41. The van der Waals surface area contributed by atoms with Crippen LogP contribution in [0.5, 0.6) is 0 Å². The van der Waals surface area contributed by atoms with Gasteiger partial charge in [0.05, 0.1) is 24.6 Å². The number of carbonyl (C=O) groups is 1. The molecule has 2 aromatic heterocycles. The fourth-order valence-electron chi connectivity index (χ4n) is 3.86. The molecule has 1 fully saturated rings. The Kier molecular flexibility index (Phi) is 5.03. The van der Waals surface area contributed by atoms with E-state index in [-0.39, 0.29) is 24.7 Å². The molecule has 1 aliphatic rings. The van der Waals surface area contributed by atoms with Gasteiger partial charge in [0.15, 0.2) is 0 Å². The van der Waals surface area contributed by atoms with E-state index in [1.807, 2.05) is 12.1 Å². The molecule has 31 heavy (non-hydrogen) atoms. The fraction of sp³-hybridized carbons (Fsp3) is 0.455. The molecule has 9 heteroatoms. The van der Waals surface area contributed by atoms with Crippen molar-refractivity contribution in [1.29, 1.82) is 0 Å². The first-order valence-electron chi connectivity index (χ1n) is 11.6. The number of halogens is 3. The third-order valence-corrected chi connectivity index (χ3v) is 5.64. The highest BCUT2D eigenvalue weighted by atomic mass is 19.4. The smallest absolute Gasteiger partial charge is 0.303 e. The van der Waals surface area contributed by atoms with Gasteiger partial charge in [-0.15, -0.1) is 0 Å². The predicted octanol–water partition coefficient (Wildman–Crippen LogP) is 3.81. The molecule has 3 aromatic rings. The summed E-state index contributed by atoms with van der Waals surface area (Å²) in [5.41, 5.74) is 2.00. The SMILES string of the molecule is [2H]C([2H])([2H])n1cc(-c2ccc3cnc(CC(=O)C4CCN(CCC(F)(F)F)CC4)nc3c2)cn1. The van der Waals surface area contributed by atoms with Crippen LogP contribution in [0.25, 0.3) is 22.0 Å². The number of ketones is 1. The number of alkyl halides is 3. The number of fused-ring (bicyclic) bond motifs is 1. The van der Waals surface area contributed by atoms with Crippen LogP contribution in [0.3, 0.4) is 0 Å². The van der Waals surface area contributed by atoms with E-state index >= 15 is 0 Å². The number of likely N-dealkylation sites (tertiary alicyclic amines) is 1. The number of Topliss-reactive ketones (excluding diaryl/α,β-unsaturated/α-hetero) is 1. The number of rotatable bonds is 6. The van der Waals surface area contributed by atoms with E-state index < -0.39 is 19.6 Å². The molecule has 164 valence electrons. The fourth-order valence-corrected chi connectivity index (χ4v) is 3.86. The lowest BCUT2D eigenvalue weighted by atomic mass is 9.90. The van der Waals surface area contributed by atoms with Crippen LogP contribution < -0.4 is 0 Å². The van der Waals surface area contributed by atoms with E-state index in [0.29, 0.717) is 42.8 Å². The van der Waals surface area contributed by atoms with Gasteiger partial charge < -0.3 is 4.90 Å². The zero-order valence-electron chi connectivity index (χ0n) is 19.8. The molecule has 0 amide bonds. The lowest BCUT2D eigenvalue weighted by molar-refractivity contribution is -0.139. The Morgan fingerprint density at radius 2 is 2.03 bits per heavy atom. The van der Waals surface area contributed by atoms with E-state index in [2.05, 4.69) is 15.1 Å². The van der Waals surface area contributed by atoms with Crippen LogP contribution in [0.4, 0.5) is 13.2 Å². The molecule has 0 spiro atoms. The topological polar surface area (TPSA) is 63.9 Å². The number of piperidine rings is 1. The first-order chi connectivity index (χ1) is 16.0. The van der Waals surface area contributed by atoms with Gasteiger partial charge in [-0.1, -0.05) is 12.1 Å². The maximum atomic E-state index is 12.8. The molecular weight excluding hydrogens is 407 g/mol. The van der Waals surface area contributed by atoms with Crippen LogP contribution in [0.1, 0.15) is 29.2 Å². The zero-order valence-corrected chi connectivity index (χ0v) is 16.8. The molecule has 0 bridgehead atoms. The lowest BCUT2D eigenvalue weighted by Crippen LogP contribution is -2.38. The Morgan fingerprint density at radius 1 is 1.23 bits per heavy atom. The van der Waals surface area contributed by atoms with Crippen molar-refractivity contribution in [3.63, 3.8) is 0 Å². The molecule has 6 nitrogen and oxygen atoms in total. The third kappa shape index (κ3) is 5.46. The summed E-state index contributed by atoms with van der Waals surface area (Å²) in [7, 11) is 0. The summed E-state index contributed by atoms with van der Waals surface area (Å²) >= 11 is 0. The normalized spacial score (nSPS) is 18.0. The molecular formula is C22H24F3N5O. The maximum Gasteiger partial charge on any atom is 0.390 e. The standard InChI is InChI=1S/C22H24F3N5O/c1-29-14-18(13-27-29)16-2-3-17-12-26-21(28-19(17)10-16)11-20(31)15-4-7-30(8-5-15)9-6-22(23,24)25/h2-3,10,12-15H,4-9,11H2,1H3/i1D3. The molecule has 3 heterocycles. The Labute approximate surface area is 182 Å². The minimum Gasteiger partial charge on any atom is -0.303 e. The highest BCUT2D eigenvalue weighted by molar-refractivity contribution is 5.85. The molecule has 1 aliphatic heterocycles. The van der Waals surface area contributed by atoms with Crippen molar-refractivity contribution in [3.8, 4) is 11.1 Å². The summed E-state index contributed by atoms with van der Waals surface area (Å²) in [6.07, 6.45) is 0.668. The minimum atomic E-state index is -4.17. The third-order valence-electron chi connectivity index (χ3n) is 5.64. The van der Waals surface area contributed by atoms with E-state index in [0.717, 1.165) is 15.6 Å². The summed E-state index contributed by atoms with van der Waals surface area (Å²) in [6.45, 7) is -1.46. The largest absolute Gasteiger partial charge is 0.390 e. The number of hydrogen-bond donors (Lipinski definition) is 0. The van der Waals surface area contributed by atoms with Crippen molar-refractivity contribution in [2.75, 3.05) is 19.6 Å². The summed E-state index contributed by atoms with van der Waals surface area (Å²) in [4.78, 5) is 23.3. The van der Waals surface area contributed by atoms with Crippen LogP contribution in [0.2, 0.25) is 0 Å². The first kappa shape index (κ1) is 17.8. The van der Waals surface area contributed by atoms with Crippen molar-refractivity contribution in [1.82, 2.24) is 24.6 Å². The molecule has 1 saturated heterocycles. The van der Waals surface area contributed by atoms with Gasteiger partial charge in [0, 0.05) is 46.9 Å². The average Bonchev–Trinajstić information content (AvgIpc) is 3.28. The van der Waals surface area contributed by atoms with Gasteiger partial charge >= 0.3 is 6.18 Å². The van der Waals surface area contributed by atoms with E-state index in [9.17, 15) is 18.0 Å². The monoisotopic (exact) mass is 434 g/mol. The number of carbonyl (C=O) groups excluding carboxylic acids is 1. The van der Waals surface area contributed by atoms with Crippen molar-refractivity contribution in [3.05, 3.63) is 42.6 Å². The molecule has 1 aromatic carbocycles. The zero-order chi connectivity index (χ0) is 24.5. The Hall–Kier alpha value is -2.81. The van der Waals surface area contributed by atoms with Gasteiger partial charge in [-0.05, 0) is 37.6 Å². The van der Waals surface area contributed by atoms with Crippen LogP contribution in [-0.2, 0) is 18.2 Å². The van der Waals surface area contributed by atoms with Gasteiger partial charge in [-0.3, -0.25) is 9.48 Å². The summed E-state index contributed by atoms with van der Waals surface area (Å²) in [5, 5.41) is 4.68. The van der Waals surface area contributed by atoms with E-state index in [1.165, 1.54) is 12.4 Å². The molecule has 0 saturated carbocycles. The molecule has 0 aliphatic carbocycles. The van der Waals surface area contributed by atoms with Crippen LogP contribution >= 0.6 is 0 Å². The summed E-state index contributed by atoms with van der Waals surface area (Å²) in [6, 6.07) is 5.44. The van der Waals surface area contributed by atoms with Gasteiger partial charge in [-0.2, -0.15) is 18.3 Å². The summed E-state index contributed by atoms with van der Waals surface area (Å²) < 4.78 is 60.5. The Bertz CT molecular complexity index is 1170. The quantitative estimate of drug-likeness (QED) is 0.591. The van der Waals surface area contributed by atoms with Gasteiger partial charge in [0.25, 0.3) is 0 Å². The highest BCUT2D eigenvalue weighted by Gasteiger charge is 2.30. The summed E-state index contributed by atoms with van der Waals surface area (Å²) in [5.74, 6) is 0.163. The number of nitrogens with zero attached hydrogens (tertiary/aromatic N) is 5. The van der Waals surface area contributed by atoms with Crippen LogP contribution in [0, 0.1) is 5.92 Å². The van der Waals surface area contributed by atoms with Crippen LogP contribution in [-0.4, -0.2) is 56.2 Å². The number of aromatic nitrogens is 4. The number of aryl methyl sites for hydroxylation is 1. The van der Waals surface area contributed by atoms with Crippen molar-refractivity contribution in [2.24, 2.45) is 12.9 Å². The molecule has 4 rings (SSSR count). The van der Waals surface area contributed by atoms with Crippen molar-refractivity contribution in [2.45, 2.75) is 31.9 Å². The lowest BCUT2D eigenvalue weighted by Gasteiger charge is -2.31. The van der Waals surface area contributed by atoms with Gasteiger partial charge in [0.2, 0.25) is 0 Å². The maximum absolute atomic E-state index is 12.8. The molecule has 0 radical (unpaired) electrons. The predicted molar refractivity (Wildman–Crippen MR) is 110 cm³/mol. The number of hydrogen-bond acceptors (Lipinski definition) is 5.